The molecule has 3 amide bonds. The van der Waals surface area contributed by atoms with Gasteiger partial charge in [0.15, 0.2) is 5.78 Å². The monoisotopic (exact) mass is 440 g/mol. The first-order valence-corrected chi connectivity index (χ1v) is 10.5. The van der Waals surface area contributed by atoms with Crippen LogP contribution in [0.4, 0.5) is 4.79 Å². The maximum absolute atomic E-state index is 13.0. The van der Waals surface area contributed by atoms with Crippen LogP contribution in [0.5, 0.6) is 0 Å². The summed E-state index contributed by atoms with van der Waals surface area (Å²) < 4.78 is 0. The fraction of sp³-hybridized carbons (Fsp3) is 0.333. The van der Waals surface area contributed by atoms with Gasteiger partial charge in [0.2, 0.25) is 0 Å². The average molecular weight is 441 g/mol. The van der Waals surface area contributed by atoms with E-state index in [2.05, 4.69) is 10.6 Å². The highest BCUT2D eigenvalue weighted by atomic mass is 35.5. The zero-order chi connectivity index (χ0) is 22.7. The number of benzene rings is 2. The molecule has 1 saturated carbocycles. The Morgan fingerprint density at radius 1 is 1.03 bits per heavy atom. The number of nitrogens with one attached hydrogen (secondary N) is 2. The first-order valence-electron chi connectivity index (χ1n) is 10.2. The smallest absolute Gasteiger partial charge is 0.321 e. The fourth-order valence-electron chi connectivity index (χ4n) is 4.23. The van der Waals surface area contributed by atoms with Crippen LogP contribution < -0.4 is 10.6 Å². The molecule has 2 N–H and O–H groups in total. The number of carbonyl (C=O) groups excluding carboxylic acids is 4. The van der Waals surface area contributed by atoms with Crippen LogP contribution >= 0.6 is 11.6 Å². The van der Waals surface area contributed by atoms with Crippen LogP contribution in [0.1, 0.15) is 51.4 Å². The van der Waals surface area contributed by atoms with E-state index in [1.807, 2.05) is 32.9 Å². The number of amides is 3. The molecule has 2 unspecified atom stereocenters. The Labute approximate surface area is 186 Å². The van der Waals surface area contributed by atoms with E-state index < -0.39 is 23.8 Å². The summed E-state index contributed by atoms with van der Waals surface area (Å²) in [5.74, 6) is -1.89. The van der Waals surface area contributed by atoms with E-state index in [1.54, 1.807) is 12.1 Å². The molecule has 0 spiro atoms. The van der Waals surface area contributed by atoms with Crippen molar-refractivity contribution in [1.29, 1.82) is 0 Å². The molecule has 1 fully saturated rings. The van der Waals surface area contributed by atoms with E-state index in [-0.39, 0.29) is 24.5 Å². The second-order valence-corrected chi connectivity index (χ2v) is 8.46. The van der Waals surface area contributed by atoms with E-state index in [9.17, 15) is 19.2 Å². The molecule has 0 bridgehead atoms. The van der Waals surface area contributed by atoms with Crippen LogP contribution in [-0.4, -0.2) is 30.0 Å². The number of rotatable bonds is 5. The zero-order valence-electron chi connectivity index (χ0n) is 17.8. The normalized spacial score (nSPS) is 18.2. The summed E-state index contributed by atoms with van der Waals surface area (Å²) in [7, 11) is 0. The second kappa shape index (κ2) is 9.43. The third-order valence-electron chi connectivity index (χ3n) is 5.59. The molecule has 1 aliphatic rings. The van der Waals surface area contributed by atoms with Gasteiger partial charge in [-0.15, -0.1) is 0 Å². The topological polar surface area (TPSA) is 92.3 Å². The minimum Gasteiger partial charge on any atom is -0.338 e. The van der Waals surface area contributed by atoms with E-state index in [0.717, 1.165) is 22.3 Å². The lowest BCUT2D eigenvalue weighted by atomic mass is 9.86. The Morgan fingerprint density at radius 3 is 2.26 bits per heavy atom. The fourth-order valence-corrected chi connectivity index (χ4v) is 4.36. The van der Waals surface area contributed by atoms with Crippen LogP contribution in [0.2, 0.25) is 5.02 Å². The van der Waals surface area contributed by atoms with Gasteiger partial charge in [-0.05, 0) is 68.1 Å². The minimum atomic E-state index is -0.731. The summed E-state index contributed by atoms with van der Waals surface area (Å²) >= 11 is 5.79. The van der Waals surface area contributed by atoms with Crippen LogP contribution in [0.25, 0.3) is 0 Å². The van der Waals surface area contributed by atoms with Crippen LogP contribution in [0.15, 0.2) is 36.4 Å². The molecule has 0 saturated heterocycles. The molecule has 2 atom stereocenters. The third kappa shape index (κ3) is 5.20. The first-order chi connectivity index (χ1) is 14.7. The van der Waals surface area contributed by atoms with Crippen LogP contribution in [0.3, 0.4) is 0 Å². The Bertz CT molecular complexity index is 1020. The van der Waals surface area contributed by atoms with E-state index >= 15 is 0 Å². The largest absolute Gasteiger partial charge is 0.338 e. The summed E-state index contributed by atoms with van der Waals surface area (Å²) in [6.07, 6.45) is 0.511. The van der Waals surface area contributed by atoms with Gasteiger partial charge < -0.3 is 5.32 Å². The molecule has 0 aliphatic heterocycles. The van der Waals surface area contributed by atoms with Gasteiger partial charge in [0, 0.05) is 29.5 Å². The lowest BCUT2D eigenvalue weighted by Crippen LogP contribution is -2.40. The molecular weight excluding hydrogens is 416 g/mol. The number of aryl methyl sites for hydroxylation is 3. The number of imide groups is 1. The Morgan fingerprint density at radius 2 is 1.65 bits per heavy atom. The lowest BCUT2D eigenvalue weighted by molar-refractivity contribution is -0.124. The molecule has 31 heavy (non-hydrogen) atoms. The molecule has 7 heteroatoms. The lowest BCUT2D eigenvalue weighted by Gasteiger charge is -2.16. The van der Waals surface area contributed by atoms with Gasteiger partial charge in [-0.25, -0.2) is 4.79 Å². The Kier molecular flexibility index (Phi) is 6.91. The number of carbonyl (C=O) groups is 4. The predicted molar refractivity (Wildman–Crippen MR) is 118 cm³/mol. The van der Waals surface area contributed by atoms with Crippen molar-refractivity contribution < 1.29 is 19.2 Å². The first kappa shape index (κ1) is 22.7. The van der Waals surface area contributed by atoms with Gasteiger partial charge in [0.05, 0.1) is 0 Å². The quantitative estimate of drug-likeness (QED) is 0.686. The number of ketones is 2. The minimum absolute atomic E-state index is 0.0765. The Hall–Kier alpha value is -2.99. The molecule has 2 aromatic carbocycles. The number of hydrogen-bond acceptors (Lipinski definition) is 4. The number of halogens is 1. The van der Waals surface area contributed by atoms with Crippen molar-refractivity contribution in [3.63, 3.8) is 0 Å². The van der Waals surface area contributed by atoms with E-state index in [1.165, 1.54) is 12.1 Å². The van der Waals surface area contributed by atoms with Gasteiger partial charge in [-0.1, -0.05) is 29.3 Å². The molecule has 0 heterocycles. The number of hydrogen-bond donors (Lipinski definition) is 2. The van der Waals surface area contributed by atoms with E-state index in [0.29, 0.717) is 17.0 Å². The molecule has 162 valence electrons. The number of urea groups is 1. The SMILES string of the molecule is Cc1cc(C)c(C2C(=O)CC(CCNC(=O)NC(=O)c3ccc(Cl)cc3)C2=O)c(C)c1. The maximum Gasteiger partial charge on any atom is 0.321 e. The summed E-state index contributed by atoms with van der Waals surface area (Å²) in [5.41, 5.74) is 4.10. The maximum atomic E-state index is 13.0. The van der Waals surface area contributed by atoms with Crippen molar-refractivity contribution in [3.8, 4) is 0 Å². The molecule has 1 aliphatic carbocycles. The molecule has 3 rings (SSSR count). The summed E-state index contributed by atoms with van der Waals surface area (Å²) in [4.78, 5) is 49.6. The van der Waals surface area contributed by atoms with Gasteiger partial charge in [-0.2, -0.15) is 0 Å². The second-order valence-electron chi connectivity index (χ2n) is 8.02. The van der Waals surface area contributed by atoms with Crippen molar-refractivity contribution in [1.82, 2.24) is 10.6 Å². The zero-order valence-corrected chi connectivity index (χ0v) is 18.5. The third-order valence-corrected chi connectivity index (χ3v) is 5.85. The molecule has 2 aromatic rings. The molecule has 0 radical (unpaired) electrons. The highest BCUT2D eigenvalue weighted by Gasteiger charge is 2.42. The van der Waals surface area contributed by atoms with Gasteiger partial charge >= 0.3 is 6.03 Å². The van der Waals surface area contributed by atoms with E-state index in [4.69, 9.17) is 11.6 Å². The van der Waals surface area contributed by atoms with Gasteiger partial charge in [0.1, 0.15) is 11.7 Å². The summed E-state index contributed by atoms with van der Waals surface area (Å²) in [6.45, 7) is 6.01. The van der Waals surface area contributed by atoms with Crippen molar-refractivity contribution in [3.05, 3.63) is 69.2 Å². The highest BCUT2D eigenvalue weighted by molar-refractivity contribution is 6.30. The van der Waals surface area contributed by atoms with Crippen molar-refractivity contribution in [2.45, 2.75) is 39.5 Å². The highest BCUT2D eigenvalue weighted by Crippen LogP contribution is 2.37. The predicted octanol–water partition coefficient (Wildman–Crippen LogP) is 4.04. The van der Waals surface area contributed by atoms with Crippen LogP contribution in [-0.2, 0) is 9.59 Å². The van der Waals surface area contributed by atoms with Crippen LogP contribution in [0, 0.1) is 26.7 Å². The summed E-state index contributed by atoms with van der Waals surface area (Å²) in [6, 6.07) is 9.47. The van der Waals surface area contributed by atoms with Crippen molar-refractivity contribution >= 4 is 35.1 Å². The van der Waals surface area contributed by atoms with Gasteiger partial charge in [-0.3, -0.25) is 19.7 Å². The molecule has 6 nitrogen and oxygen atoms in total. The average Bonchev–Trinajstić information content (AvgIpc) is 2.95. The van der Waals surface area contributed by atoms with Crippen molar-refractivity contribution in [2.24, 2.45) is 5.92 Å². The molecule has 0 aromatic heterocycles. The Balaban J connectivity index is 1.55. The number of Topliss-reactive ketones (excluding diaryl/α,β-unsaturated/α-hetero) is 2. The standard InChI is InChI=1S/C24H25ClN2O4/c1-13-10-14(2)20(15(3)11-13)21-19(28)12-17(22(21)29)8-9-26-24(31)27-23(30)16-4-6-18(25)7-5-16/h4-7,10-11,17,21H,8-9,12H2,1-3H3,(H2,26,27,30,31). The van der Waals surface area contributed by atoms with Crippen molar-refractivity contribution in [2.75, 3.05) is 6.54 Å². The van der Waals surface area contributed by atoms with Gasteiger partial charge in [0.25, 0.3) is 5.91 Å². The summed E-state index contributed by atoms with van der Waals surface area (Å²) in [5, 5.41) is 5.31. The molecular formula is C24H25ClN2O4.